The second kappa shape index (κ2) is 12.3. The number of amides is 2. The number of carbonyl (C=O) groups is 1. The highest BCUT2D eigenvalue weighted by atomic mass is 35.5. The third kappa shape index (κ3) is 8.16. The Morgan fingerprint density at radius 1 is 1.32 bits per heavy atom. The van der Waals surface area contributed by atoms with Crippen LogP contribution in [-0.2, 0) is 4.74 Å². The molecule has 8 nitrogen and oxygen atoms in total. The van der Waals surface area contributed by atoms with Gasteiger partial charge in [0.05, 0.1) is 24.3 Å². The van der Waals surface area contributed by atoms with E-state index in [-0.39, 0.29) is 23.5 Å². The van der Waals surface area contributed by atoms with Crippen molar-refractivity contribution in [2.24, 2.45) is 5.10 Å². The molecule has 2 aromatic carbocycles. The number of hydrazone groups is 1. The molecule has 0 aliphatic carbocycles. The van der Waals surface area contributed by atoms with Crippen LogP contribution in [0, 0.1) is 12.7 Å². The van der Waals surface area contributed by atoms with Crippen LogP contribution in [0.2, 0.25) is 23.2 Å². The third-order valence-corrected chi connectivity index (χ3v) is 10.7. The average Bonchev–Trinajstić information content (AvgIpc) is 2.83. The smallest absolute Gasteiger partial charge is 0.339 e. The number of benzene rings is 2. The summed E-state index contributed by atoms with van der Waals surface area (Å²) in [5.74, 6) is 0.608. The first-order chi connectivity index (χ1) is 17.4. The van der Waals surface area contributed by atoms with Crippen LogP contribution >= 0.6 is 11.6 Å². The summed E-state index contributed by atoms with van der Waals surface area (Å²) in [7, 11) is -2.28. The Morgan fingerprint density at radius 2 is 2.03 bits per heavy atom. The highest BCUT2D eigenvalue weighted by molar-refractivity contribution is 6.72. The Morgan fingerprint density at radius 3 is 2.70 bits per heavy atom. The fourth-order valence-corrected chi connectivity index (χ4v) is 4.73. The zero-order valence-electron chi connectivity index (χ0n) is 22.0. The molecule has 2 aromatic rings. The maximum atomic E-state index is 13.2. The summed E-state index contributed by atoms with van der Waals surface area (Å²) in [4.78, 5) is 23.0. The topological polar surface area (TPSA) is 104 Å². The maximum Gasteiger partial charge on any atom is 0.339 e. The number of anilines is 1. The van der Waals surface area contributed by atoms with Gasteiger partial charge in [-0.1, -0.05) is 37.6 Å². The van der Waals surface area contributed by atoms with Crippen LogP contribution in [0.15, 0.2) is 41.5 Å². The van der Waals surface area contributed by atoms with Gasteiger partial charge in [0, 0.05) is 11.8 Å². The van der Waals surface area contributed by atoms with E-state index in [0.717, 1.165) is 24.0 Å². The Bertz CT molecular complexity index is 1120. The van der Waals surface area contributed by atoms with Crippen molar-refractivity contribution in [1.82, 2.24) is 10.7 Å². The van der Waals surface area contributed by atoms with Crippen molar-refractivity contribution in [3.8, 4) is 5.75 Å². The van der Waals surface area contributed by atoms with E-state index in [4.69, 9.17) is 21.1 Å². The van der Waals surface area contributed by atoms with Crippen LogP contribution in [0.4, 0.5) is 14.9 Å². The lowest BCUT2D eigenvalue weighted by Gasteiger charge is -2.35. The largest absolute Gasteiger partial charge is 0.492 e. The molecule has 1 saturated heterocycles. The Hall–Kier alpha value is -2.66. The number of hydrogen-bond acceptors (Lipinski definition) is 5. The van der Waals surface area contributed by atoms with Gasteiger partial charge in [0.2, 0.25) is 0 Å². The van der Waals surface area contributed by atoms with Crippen molar-refractivity contribution in [3.63, 3.8) is 0 Å². The Balaban J connectivity index is 1.55. The van der Waals surface area contributed by atoms with Gasteiger partial charge in [0.25, 0.3) is 0 Å². The van der Waals surface area contributed by atoms with Gasteiger partial charge >= 0.3 is 6.03 Å². The summed E-state index contributed by atoms with van der Waals surface area (Å²) in [5.41, 5.74) is 4.63. The van der Waals surface area contributed by atoms with E-state index >= 15 is 0 Å². The van der Waals surface area contributed by atoms with E-state index in [9.17, 15) is 14.0 Å². The van der Waals surface area contributed by atoms with Crippen molar-refractivity contribution in [2.75, 3.05) is 25.1 Å². The van der Waals surface area contributed by atoms with Gasteiger partial charge in [-0.15, -0.1) is 0 Å². The van der Waals surface area contributed by atoms with Crippen LogP contribution in [0.3, 0.4) is 0 Å². The van der Waals surface area contributed by atoms with Gasteiger partial charge in [0.1, 0.15) is 24.0 Å². The number of ether oxygens (including phenoxy) is 2. The predicted molar refractivity (Wildman–Crippen MR) is 147 cm³/mol. The minimum absolute atomic E-state index is 0.128. The molecule has 2 amide bonds. The number of hydrogen-bond donors (Lipinski definition) is 4. The van der Waals surface area contributed by atoms with E-state index in [2.05, 4.69) is 35.0 Å². The molecular weight excluding hydrogens is 515 g/mol. The molecule has 0 unspecified atom stereocenters. The molecule has 11 heteroatoms. The van der Waals surface area contributed by atoms with Crippen molar-refractivity contribution in [1.29, 1.82) is 0 Å². The van der Waals surface area contributed by atoms with Crippen molar-refractivity contribution in [3.05, 3.63) is 58.4 Å². The molecule has 0 spiro atoms. The number of halogens is 2. The summed E-state index contributed by atoms with van der Waals surface area (Å²) in [5, 5.41) is 10.4. The highest BCUT2D eigenvalue weighted by Crippen LogP contribution is 2.40. The zero-order chi connectivity index (χ0) is 27.2. The van der Waals surface area contributed by atoms with Crippen LogP contribution in [-0.4, -0.2) is 44.8 Å². The number of rotatable bonds is 9. The number of nitrogens with zero attached hydrogens (tertiary/aromatic N) is 1. The zero-order valence-corrected chi connectivity index (χ0v) is 23.7. The number of aryl methyl sites for hydroxylation is 1. The molecule has 1 aliphatic rings. The van der Waals surface area contributed by atoms with E-state index in [1.807, 2.05) is 20.0 Å². The first kappa shape index (κ1) is 28.9. The monoisotopic (exact) mass is 550 g/mol. The SMILES string of the molecule is Cc1cc(Cl)c(OCCCC(C)(C)[Si](C)(C)O)cc1NC(=O)N/N=C1/COC[C@@H](c2ccc(F)cc2)N1. The molecule has 0 radical (unpaired) electrons. The van der Waals surface area contributed by atoms with Crippen LogP contribution in [0.25, 0.3) is 0 Å². The standard InChI is InChI=1S/C26H36ClFN4O4Si/c1-17-13-20(27)23(36-12-6-11-26(2,3)37(4,5)34)14-21(17)30-25(33)32-31-24-16-35-15-22(29-24)18-7-9-19(28)10-8-18/h7-10,13-14,22,34H,6,11-12,15-16H2,1-5H3,(H,29,31)(H2,30,32,33)/t22-/m0/s1. The number of nitrogens with one attached hydrogen (secondary N) is 3. The number of carbonyl (C=O) groups excluding carboxylic acids is 1. The fourth-order valence-electron chi connectivity index (χ4n) is 3.67. The lowest BCUT2D eigenvalue weighted by molar-refractivity contribution is 0.128. The van der Waals surface area contributed by atoms with E-state index in [0.29, 0.717) is 35.5 Å². The van der Waals surface area contributed by atoms with Crippen molar-refractivity contribution in [2.45, 2.75) is 57.8 Å². The highest BCUT2D eigenvalue weighted by Gasteiger charge is 2.37. The van der Waals surface area contributed by atoms with Crippen molar-refractivity contribution >= 4 is 37.5 Å². The van der Waals surface area contributed by atoms with E-state index in [1.54, 1.807) is 24.3 Å². The summed E-state index contributed by atoms with van der Waals surface area (Å²) in [6, 6.07) is 8.82. The molecule has 3 rings (SSSR count). The lowest BCUT2D eigenvalue weighted by atomic mass is 10.1. The van der Waals surface area contributed by atoms with Gasteiger partial charge in [0.15, 0.2) is 8.32 Å². The van der Waals surface area contributed by atoms with Crippen LogP contribution in [0.1, 0.15) is 43.9 Å². The quantitative estimate of drug-likeness (QED) is 0.182. The van der Waals surface area contributed by atoms with Crippen LogP contribution < -0.4 is 20.8 Å². The second-order valence-corrected chi connectivity index (χ2v) is 15.3. The fraction of sp³-hybridized carbons (Fsp3) is 0.462. The second-order valence-electron chi connectivity index (χ2n) is 10.4. The Kier molecular flexibility index (Phi) is 9.57. The predicted octanol–water partition coefficient (Wildman–Crippen LogP) is 5.72. The molecule has 0 bridgehead atoms. The molecule has 0 saturated carbocycles. The average molecular weight is 551 g/mol. The van der Waals surface area contributed by atoms with Crippen LogP contribution in [0.5, 0.6) is 5.75 Å². The number of amidine groups is 1. The number of urea groups is 1. The molecule has 37 heavy (non-hydrogen) atoms. The summed E-state index contributed by atoms with van der Waals surface area (Å²) < 4.78 is 24.7. The molecule has 1 atom stereocenters. The molecule has 202 valence electrons. The van der Waals surface area contributed by atoms with E-state index < -0.39 is 14.3 Å². The van der Waals surface area contributed by atoms with Gasteiger partial charge < -0.3 is 24.9 Å². The summed E-state index contributed by atoms with van der Waals surface area (Å²) in [6.07, 6.45) is 1.60. The minimum Gasteiger partial charge on any atom is -0.492 e. The molecule has 4 N–H and O–H groups in total. The third-order valence-electron chi connectivity index (χ3n) is 6.82. The maximum absolute atomic E-state index is 13.2. The Labute approximate surface area is 223 Å². The molecule has 0 aromatic heterocycles. The normalized spacial score (nSPS) is 17.3. The molecule has 1 fully saturated rings. The molecular formula is C26H36ClFN4O4Si. The van der Waals surface area contributed by atoms with Crippen molar-refractivity contribution < 1.29 is 23.5 Å². The van der Waals surface area contributed by atoms with Gasteiger partial charge in [-0.25, -0.2) is 14.6 Å². The molecule has 1 heterocycles. The van der Waals surface area contributed by atoms with Gasteiger partial charge in [-0.3, -0.25) is 0 Å². The molecule has 1 aliphatic heterocycles. The van der Waals surface area contributed by atoms with Gasteiger partial charge in [-0.05, 0) is 67.2 Å². The van der Waals surface area contributed by atoms with E-state index in [1.165, 1.54) is 12.1 Å². The number of morpholine rings is 1. The first-order valence-electron chi connectivity index (χ1n) is 12.2. The minimum atomic E-state index is -2.28. The summed E-state index contributed by atoms with van der Waals surface area (Å²) >= 11 is 6.36. The van der Waals surface area contributed by atoms with Gasteiger partial charge in [-0.2, -0.15) is 5.10 Å². The lowest BCUT2D eigenvalue weighted by Crippen LogP contribution is -2.41. The summed E-state index contributed by atoms with van der Waals surface area (Å²) in [6.45, 7) is 10.9. The first-order valence-corrected chi connectivity index (χ1v) is 15.6.